The van der Waals surface area contributed by atoms with Crippen molar-refractivity contribution in [1.29, 1.82) is 0 Å². The second-order valence-electron chi connectivity index (χ2n) is 10.4. The number of carbonyl (C=O) groups is 4. The molecule has 0 bridgehead atoms. The normalized spacial score (nSPS) is 16.1. The minimum Gasteiger partial charge on any atom is -0.481 e. The summed E-state index contributed by atoms with van der Waals surface area (Å²) in [4.78, 5) is 62.9. The molecule has 1 atom stereocenters. The van der Waals surface area contributed by atoms with Crippen molar-refractivity contribution in [1.82, 2.24) is 15.0 Å². The summed E-state index contributed by atoms with van der Waals surface area (Å²) >= 11 is 0. The Morgan fingerprint density at radius 3 is 2.35 bits per heavy atom. The maximum absolute atomic E-state index is 13.1. The van der Waals surface area contributed by atoms with Crippen LogP contribution in [0.3, 0.4) is 0 Å². The van der Waals surface area contributed by atoms with Crippen LogP contribution in [0.2, 0.25) is 0 Å². The van der Waals surface area contributed by atoms with E-state index in [1.807, 2.05) is 12.1 Å². The number of carboxylic acid groups (broad SMARTS) is 1. The van der Waals surface area contributed by atoms with Crippen LogP contribution in [0.4, 0.5) is 23.0 Å². The van der Waals surface area contributed by atoms with Crippen LogP contribution in [0.15, 0.2) is 90.9 Å². The van der Waals surface area contributed by atoms with Crippen LogP contribution >= 0.6 is 0 Å². The van der Waals surface area contributed by atoms with Crippen LogP contribution in [0.5, 0.6) is 0 Å². The van der Waals surface area contributed by atoms with Gasteiger partial charge in [-0.2, -0.15) is 0 Å². The number of benzene rings is 2. The van der Waals surface area contributed by atoms with Gasteiger partial charge in [-0.3, -0.25) is 24.2 Å². The lowest BCUT2D eigenvalue weighted by molar-refractivity contribution is -0.146. The molecule has 0 aliphatic heterocycles. The summed E-state index contributed by atoms with van der Waals surface area (Å²) in [6.07, 6.45) is 6.36. The highest BCUT2D eigenvalue weighted by Gasteiger charge is 2.38. The molecule has 0 saturated carbocycles. The zero-order chi connectivity index (χ0) is 30.6. The van der Waals surface area contributed by atoms with E-state index in [0.29, 0.717) is 34.1 Å². The molecule has 4 N–H and O–H groups in total. The average molecular weight is 577 g/mol. The Bertz CT molecular complexity index is 1750. The van der Waals surface area contributed by atoms with Gasteiger partial charge in [-0.1, -0.05) is 12.1 Å². The Labute approximate surface area is 247 Å². The highest BCUT2D eigenvalue weighted by Crippen LogP contribution is 2.33. The van der Waals surface area contributed by atoms with E-state index < -0.39 is 29.0 Å². The molecular formula is C32H28N6O5. The number of hydrogen-bond acceptors (Lipinski definition) is 8. The van der Waals surface area contributed by atoms with E-state index in [0.717, 1.165) is 11.3 Å². The van der Waals surface area contributed by atoms with Crippen LogP contribution in [0.1, 0.15) is 35.7 Å². The molecule has 0 spiro atoms. The number of Topliss-reactive ketones (excluding diaryl/α,β-unsaturated/α-hetero) is 1. The van der Waals surface area contributed by atoms with Crippen molar-refractivity contribution in [3.05, 3.63) is 102 Å². The minimum absolute atomic E-state index is 0.0390. The summed E-state index contributed by atoms with van der Waals surface area (Å²) in [7, 11) is 0. The third-order valence-corrected chi connectivity index (χ3v) is 7.12. The Kier molecular flexibility index (Phi) is 8.06. The van der Waals surface area contributed by atoms with Crippen LogP contribution in [0.25, 0.3) is 11.3 Å². The molecule has 0 radical (unpaired) electrons. The summed E-state index contributed by atoms with van der Waals surface area (Å²) < 4.78 is 0. The topological polar surface area (TPSA) is 163 Å². The van der Waals surface area contributed by atoms with Crippen LogP contribution in [-0.4, -0.2) is 43.6 Å². The van der Waals surface area contributed by atoms with E-state index in [9.17, 15) is 24.3 Å². The van der Waals surface area contributed by atoms with Gasteiger partial charge in [0.1, 0.15) is 0 Å². The highest BCUT2D eigenvalue weighted by atomic mass is 16.4. The number of anilines is 4. The van der Waals surface area contributed by atoms with Gasteiger partial charge in [0.25, 0.3) is 11.8 Å². The Morgan fingerprint density at radius 2 is 1.63 bits per heavy atom. The molecule has 1 unspecified atom stereocenters. The number of nitrogens with zero attached hydrogens (tertiary/aromatic N) is 3. The molecule has 5 rings (SSSR count). The van der Waals surface area contributed by atoms with Gasteiger partial charge >= 0.3 is 5.97 Å². The first kappa shape index (κ1) is 28.8. The molecule has 2 amide bonds. The summed E-state index contributed by atoms with van der Waals surface area (Å²) in [6, 6.07) is 17.3. The predicted octanol–water partition coefficient (Wildman–Crippen LogP) is 5.16. The fourth-order valence-electron chi connectivity index (χ4n) is 4.54. The van der Waals surface area contributed by atoms with Crippen molar-refractivity contribution >= 4 is 46.6 Å². The van der Waals surface area contributed by atoms with Crippen LogP contribution < -0.4 is 16.0 Å². The van der Waals surface area contributed by atoms with E-state index in [-0.39, 0.29) is 18.4 Å². The number of carbonyl (C=O) groups excluding carboxylic acids is 3. The molecule has 4 aromatic rings. The van der Waals surface area contributed by atoms with E-state index in [4.69, 9.17) is 0 Å². The van der Waals surface area contributed by atoms with Gasteiger partial charge in [0.2, 0.25) is 5.95 Å². The molecule has 0 saturated heterocycles. The highest BCUT2D eigenvalue weighted by molar-refractivity contribution is 6.24. The minimum atomic E-state index is -1.30. The quantitative estimate of drug-likeness (QED) is 0.207. The first-order chi connectivity index (χ1) is 20.6. The molecule has 216 valence electrons. The van der Waals surface area contributed by atoms with E-state index in [1.54, 1.807) is 68.0 Å². The molecule has 0 fully saturated rings. The maximum atomic E-state index is 13.1. The zero-order valence-corrected chi connectivity index (χ0v) is 23.4. The van der Waals surface area contributed by atoms with Crippen molar-refractivity contribution < 1.29 is 24.3 Å². The number of aryl methyl sites for hydroxylation is 1. The SMILES string of the molecule is Cc1ccc(NC(=O)C2=CC(C)(C(=O)O)CCC2=O)cc1C(=O)Nc1ccc(Nc2nccc(-c3cccnc3)n2)cc1. The number of rotatable bonds is 8. The predicted molar refractivity (Wildman–Crippen MR) is 161 cm³/mol. The number of amides is 2. The van der Waals surface area contributed by atoms with Crippen molar-refractivity contribution in [2.24, 2.45) is 5.41 Å². The fourth-order valence-corrected chi connectivity index (χ4v) is 4.54. The lowest BCUT2D eigenvalue weighted by Gasteiger charge is -2.26. The first-order valence-electron chi connectivity index (χ1n) is 13.4. The fraction of sp³-hybridized carbons (Fsp3) is 0.156. The number of hydrogen-bond donors (Lipinski definition) is 4. The van der Waals surface area contributed by atoms with Gasteiger partial charge < -0.3 is 21.1 Å². The molecule has 1 aliphatic rings. The number of ketones is 1. The first-order valence-corrected chi connectivity index (χ1v) is 13.4. The van der Waals surface area contributed by atoms with E-state index in [1.165, 1.54) is 19.1 Å². The molecule has 2 aromatic heterocycles. The zero-order valence-electron chi connectivity index (χ0n) is 23.4. The number of carboxylic acids is 1. The third-order valence-electron chi connectivity index (χ3n) is 7.12. The molecule has 1 aliphatic carbocycles. The van der Waals surface area contributed by atoms with Crippen molar-refractivity contribution in [2.75, 3.05) is 16.0 Å². The second kappa shape index (κ2) is 12.0. The molecular weight excluding hydrogens is 548 g/mol. The van der Waals surface area contributed by atoms with Gasteiger partial charge in [-0.05, 0) is 80.4 Å². The maximum Gasteiger partial charge on any atom is 0.313 e. The van der Waals surface area contributed by atoms with Gasteiger partial charge in [-0.15, -0.1) is 0 Å². The monoisotopic (exact) mass is 576 g/mol. The largest absolute Gasteiger partial charge is 0.481 e. The van der Waals surface area contributed by atoms with Crippen molar-refractivity contribution in [2.45, 2.75) is 26.7 Å². The number of aliphatic carboxylic acids is 1. The Balaban J connectivity index is 1.25. The number of aromatic nitrogens is 3. The molecule has 11 heteroatoms. The molecule has 11 nitrogen and oxygen atoms in total. The van der Waals surface area contributed by atoms with Crippen molar-refractivity contribution in [3.8, 4) is 11.3 Å². The van der Waals surface area contributed by atoms with Crippen LogP contribution in [-0.2, 0) is 14.4 Å². The van der Waals surface area contributed by atoms with Gasteiger partial charge in [0.15, 0.2) is 5.78 Å². The Hall–Kier alpha value is -5.71. The second-order valence-corrected chi connectivity index (χ2v) is 10.4. The number of nitrogens with one attached hydrogen (secondary N) is 3. The van der Waals surface area contributed by atoms with Gasteiger partial charge in [0.05, 0.1) is 16.7 Å². The summed E-state index contributed by atoms with van der Waals surface area (Å²) in [5.74, 6) is -2.23. The van der Waals surface area contributed by atoms with Crippen molar-refractivity contribution in [3.63, 3.8) is 0 Å². The van der Waals surface area contributed by atoms with Gasteiger partial charge in [0, 0.05) is 53.2 Å². The summed E-state index contributed by atoms with van der Waals surface area (Å²) in [6.45, 7) is 3.24. The standard InChI is InChI=1S/C32H28N6O5/c1-19-5-6-23(36-29(41)25-17-32(2,30(42)43)13-11-27(25)39)16-24(19)28(40)35-21-7-9-22(10-8-21)37-31-34-15-12-26(38-31)20-4-3-14-33-18-20/h3-10,12,14-18H,11,13H2,1-2H3,(H,35,40)(H,36,41)(H,42,43)(H,34,37,38). The average Bonchev–Trinajstić information content (AvgIpc) is 3.01. The molecule has 2 heterocycles. The van der Waals surface area contributed by atoms with Gasteiger partial charge in [-0.25, -0.2) is 9.97 Å². The lowest BCUT2D eigenvalue weighted by atomic mass is 9.77. The smallest absolute Gasteiger partial charge is 0.313 e. The summed E-state index contributed by atoms with van der Waals surface area (Å²) in [5, 5.41) is 18.1. The third kappa shape index (κ3) is 6.62. The molecule has 43 heavy (non-hydrogen) atoms. The summed E-state index contributed by atoms with van der Waals surface area (Å²) in [5.41, 5.74) is 2.63. The lowest BCUT2D eigenvalue weighted by Crippen LogP contribution is -2.34. The van der Waals surface area contributed by atoms with E-state index in [2.05, 4.69) is 30.9 Å². The number of pyridine rings is 1. The van der Waals surface area contributed by atoms with E-state index >= 15 is 0 Å². The van der Waals surface area contributed by atoms with Crippen LogP contribution in [0, 0.1) is 12.3 Å². The Morgan fingerprint density at radius 1 is 0.907 bits per heavy atom. The molecule has 2 aromatic carbocycles.